The number of allylic oxidation sites excluding steroid dienone is 2. The molecule has 1 heterocycles. The summed E-state index contributed by atoms with van der Waals surface area (Å²) in [5.41, 5.74) is -5.68. The summed E-state index contributed by atoms with van der Waals surface area (Å²) in [5.74, 6) is -4.77. The van der Waals surface area contributed by atoms with Crippen molar-refractivity contribution in [2.24, 2.45) is 11.8 Å². The highest BCUT2D eigenvalue weighted by molar-refractivity contribution is 5.88. The normalized spacial score (nSPS) is 33.5. The average Bonchev–Trinajstić information content (AvgIpc) is 3.32. The van der Waals surface area contributed by atoms with Crippen LogP contribution in [0, 0.1) is 11.8 Å². The maximum atomic E-state index is 13.4. The molecule has 0 bridgehead atoms. The molecule has 1 aliphatic heterocycles. The maximum absolute atomic E-state index is 13.4. The van der Waals surface area contributed by atoms with Gasteiger partial charge >= 0.3 is 29.8 Å². The molecule has 3 aliphatic rings. The maximum Gasteiger partial charge on any atom is 0.341 e. The molecule has 3 rings (SSSR count). The highest BCUT2D eigenvalue weighted by atomic mass is 16.6. The van der Waals surface area contributed by atoms with E-state index in [1.807, 2.05) is 0 Å². The van der Waals surface area contributed by atoms with Crippen LogP contribution in [0.4, 0.5) is 0 Å². The van der Waals surface area contributed by atoms with Crippen molar-refractivity contribution < 1.29 is 57.9 Å². The van der Waals surface area contributed by atoms with Crippen molar-refractivity contribution in [2.45, 2.75) is 149 Å². The third-order valence-corrected chi connectivity index (χ3v) is 9.99. The van der Waals surface area contributed by atoms with Crippen LogP contribution in [0.1, 0.15) is 108 Å². The Morgan fingerprint density at radius 2 is 1.69 bits per heavy atom. The van der Waals surface area contributed by atoms with Crippen LogP contribution < -0.4 is 0 Å². The molecule has 12 heteroatoms. The van der Waals surface area contributed by atoms with Gasteiger partial charge in [0.15, 0.2) is 29.5 Å². The fourth-order valence-corrected chi connectivity index (χ4v) is 6.98. The minimum atomic E-state index is -2.61. The molecule has 12 nitrogen and oxygen atoms in total. The van der Waals surface area contributed by atoms with E-state index in [-0.39, 0.29) is 23.1 Å². The van der Waals surface area contributed by atoms with Crippen LogP contribution in [-0.4, -0.2) is 81.3 Å². The second kappa shape index (κ2) is 14.9. The van der Waals surface area contributed by atoms with Crippen LogP contribution >= 0.6 is 0 Å². The van der Waals surface area contributed by atoms with Crippen molar-refractivity contribution in [2.75, 3.05) is 0 Å². The Labute approximate surface area is 282 Å². The van der Waals surface area contributed by atoms with Crippen molar-refractivity contribution in [1.29, 1.82) is 0 Å². The third-order valence-electron chi connectivity index (χ3n) is 9.99. The minimum Gasteiger partial charge on any atom is -0.459 e. The number of unbranched alkanes of at least 4 members (excludes halogenated alkanes) is 1. The van der Waals surface area contributed by atoms with Gasteiger partial charge in [-0.25, -0.2) is 14.4 Å². The van der Waals surface area contributed by atoms with E-state index in [1.165, 1.54) is 19.9 Å². The molecule has 2 fully saturated rings. The van der Waals surface area contributed by atoms with Crippen LogP contribution in [-0.2, 0) is 47.7 Å². The Balaban J connectivity index is 2.23. The zero-order valence-corrected chi connectivity index (χ0v) is 29.8. The van der Waals surface area contributed by atoms with Crippen molar-refractivity contribution in [1.82, 2.24) is 0 Å². The number of ether oxygens (including phenoxy) is 5. The first-order chi connectivity index (χ1) is 22.2. The summed E-state index contributed by atoms with van der Waals surface area (Å²) in [6.45, 7) is 16.1. The molecule has 0 amide bonds. The molecule has 1 saturated carbocycles. The van der Waals surface area contributed by atoms with Gasteiger partial charge in [-0.05, 0) is 72.0 Å². The molecule has 2 N–H and O–H groups in total. The van der Waals surface area contributed by atoms with Crippen LogP contribution in [0.25, 0.3) is 0 Å². The third kappa shape index (κ3) is 7.54. The number of hydrogen-bond donors (Lipinski definition) is 2. The van der Waals surface area contributed by atoms with Gasteiger partial charge in [0.05, 0.1) is 5.92 Å². The first-order valence-electron chi connectivity index (χ1n) is 16.7. The summed E-state index contributed by atoms with van der Waals surface area (Å²) in [6.07, 6.45) is -0.240. The lowest BCUT2D eigenvalue weighted by atomic mass is 9.75. The topological polar surface area (TPSA) is 172 Å². The summed E-state index contributed by atoms with van der Waals surface area (Å²) >= 11 is 0. The molecule has 0 spiro atoms. The molecule has 1 saturated heterocycles. The van der Waals surface area contributed by atoms with Crippen molar-refractivity contribution >= 4 is 29.8 Å². The summed E-state index contributed by atoms with van der Waals surface area (Å²) in [7, 11) is 0. The van der Waals surface area contributed by atoms with E-state index in [0.717, 1.165) is 26.2 Å². The van der Waals surface area contributed by atoms with E-state index in [2.05, 4.69) is 13.8 Å². The molecular formula is C36H52O12. The van der Waals surface area contributed by atoms with E-state index < -0.39 is 83.4 Å². The molecule has 0 radical (unpaired) electrons. The molecule has 0 aromatic rings. The van der Waals surface area contributed by atoms with Gasteiger partial charge in [-0.2, -0.15) is 0 Å². The van der Waals surface area contributed by atoms with E-state index in [0.29, 0.717) is 17.9 Å². The predicted octanol–water partition coefficient (Wildman–Crippen LogP) is 4.34. The van der Waals surface area contributed by atoms with Gasteiger partial charge in [0.2, 0.25) is 0 Å². The summed E-state index contributed by atoms with van der Waals surface area (Å²) in [6, 6.07) is 0. The average molecular weight is 677 g/mol. The highest BCUT2D eigenvalue weighted by Gasteiger charge is 2.76. The first kappa shape index (κ1) is 38.9. The Morgan fingerprint density at radius 3 is 2.25 bits per heavy atom. The number of carbonyl (C=O) groups is 5. The SMILES string of the molecule is C/C=C(/C)C(=O)O[C@@H]1C(C)=C2[C@H]3OC(=O)[C@](C)(O)[C@]3(O)[C@H](OC(=O)C=C(C)C)C[C@@](C)(OC(C)=O)[C@@H]2[C@H]1OC(=O)CCCC[C@@H](C)CC. The second-order valence-electron chi connectivity index (χ2n) is 14.1. The molecule has 9 atom stereocenters. The zero-order valence-electron chi connectivity index (χ0n) is 29.8. The van der Waals surface area contributed by atoms with Gasteiger partial charge in [-0.15, -0.1) is 0 Å². The number of hydrogen-bond acceptors (Lipinski definition) is 12. The van der Waals surface area contributed by atoms with E-state index in [4.69, 9.17) is 23.7 Å². The molecule has 0 aromatic carbocycles. The largest absolute Gasteiger partial charge is 0.459 e. The van der Waals surface area contributed by atoms with Crippen LogP contribution in [0.3, 0.4) is 0 Å². The van der Waals surface area contributed by atoms with Gasteiger partial charge in [-0.1, -0.05) is 44.8 Å². The first-order valence-corrected chi connectivity index (χ1v) is 16.7. The second-order valence-corrected chi connectivity index (χ2v) is 14.1. The summed E-state index contributed by atoms with van der Waals surface area (Å²) in [5, 5.41) is 24.0. The Kier molecular flexibility index (Phi) is 12.1. The van der Waals surface area contributed by atoms with Crippen LogP contribution in [0.5, 0.6) is 0 Å². The van der Waals surface area contributed by atoms with Crippen molar-refractivity contribution in [3.8, 4) is 0 Å². The van der Waals surface area contributed by atoms with Gasteiger partial charge in [0.1, 0.15) is 11.7 Å². The standard InChI is InChI=1S/C36H52O12/c1-11-20(5)15-13-14-16-25(38)45-30-28-27(22(7)29(30)46-32(40)21(6)12-2)31-36(43,35(10,42)33(41)47-31)24(44-26(39)17-19(3)4)18-34(28,9)48-23(8)37/h12,17,20,24,28-31,42-43H,11,13-16,18H2,1-10H3/b21-12-/t20-,24+,28-,29+,30+,31+,34+,35-,36-/m0/s1. The molecule has 0 unspecified atom stereocenters. The lowest BCUT2D eigenvalue weighted by Crippen LogP contribution is -2.64. The molecule has 48 heavy (non-hydrogen) atoms. The van der Waals surface area contributed by atoms with Gasteiger partial charge in [0.25, 0.3) is 0 Å². The molecular weight excluding hydrogens is 624 g/mol. The fourth-order valence-electron chi connectivity index (χ4n) is 6.98. The number of rotatable bonds is 12. The summed E-state index contributed by atoms with van der Waals surface area (Å²) in [4.78, 5) is 65.5. The lowest BCUT2D eigenvalue weighted by molar-refractivity contribution is -0.210. The number of aliphatic hydroxyl groups is 2. The smallest absolute Gasteiger partial charge is 0.341 e. The van der Waals surface area contributed by atoms with E-state index in [1.54, 1.807) is 40.7 Å². The fraction of sp³-hybridized carbons (Fsp3) is 0.694. The number of carbonyl (C=O) groups excluding carboxylic acids is 5. The summed E-state index contributed by atoms with van der Waals surface area (Å²) < 4.78 is 29.4. The van der Waals surface area contributed by atoms with Gasteiger partial charge < -0.3 is 33.9 Å². The zero-order chi connectivity index (χ0) is 36.4. The van der Waals surface area contributed by atoms with E-state index >= 15 is 0 Å². The van der Waals surface area contributed by atoms with E-state index in [9.17, 15) is 34.2 Å². The van der Waals surface area contributed by atoms with Gasteiger partial charge in [0, 0.05) is 31.4 Å². The highest BCUT2D eigenvalue weighted by Crippen LogP contribution is 2.57. The van der Waals surface area contributed by atoms with Crippen molar-refractivity contribution in [3.05, 3.63) is 34.4 Å². The number of esters is 5. The van der Waals surface area contributed by atoms with Crippen LogP contribution in [0.2, 0.25) is 0 Å². The Hall–Kier alpha value is -3.51. The quantitative estimate of drug-likeness (QED) is 0.0987. The Morgan fingerprint density at radius 1 is 1.04 bits per heavy atom. The van der Waals surface area contributed by atoms with Gasteiger partial charge in [-0.3, -0.25) is 9.59 Å². The molecule has 2 aliphatic carbocycles. The number of fused-ring (bicyclic) bond motifs is 3. The Bertz CT molecular complexity index is 1380. The minimum absolute atomic E-state index is 0.0624. The lowest BCUT2D eigenvalue weighted by Gasteiger charge is -2.41. The predicted molar refractivity (Wildman–Crippen MR) is 173 cm³/mol. The van der Waals surface area contributed by atoms with Crippen molar-refractivity contribution in [3.63, 3.8) is 0 Å². The molecule has 268 valence electrons. The van der Waals surface area contributed by atoms with Crippen LogP contribution in [0.15, 0.2) is 34.4 Å². The molecule has 0 aromatic heterocycles. The monoisotopic (exact) mass is 676 g/mol.